The highest BCUT2D eigenvalue weighted by molar-refractivity contribution is 9.10. The maximum atomic E-state index is 5.64. The molecule has 0 saturated heterocycles. The zero-order valence-corrected chi connectivity index (χ0v) is 12.9. The highest BCUT2D eigenvalue weighted by Gasteiger charge is 2.05. The van der Waals surface area contributed by atoms with Crippen LogP contribution in [0.1, 0.15) is 11.1 Å². The summed E-state index contributed by atoms with van der Waals surface area (Å²) in [5.74, 6) is 0.920. The zero-order chi connectivity index (χ0) is 13.8. The second-order valence-corrected chi connectivity index (χ2v) is 5.61. The third-order valence-electron chi connectivity index (χ3n) is 2.73. The van der Waals surface area contributed by atoms with Crippen molar-refractivity contribution < 1.29 is 0 Å². The summed E-state index contributed by atoms with van der Waals surface area (Å²) in [6.45, 7) is 0.755. The Bertz CT molecular complexity index is 583. The minimum Gasteiger partial charge on any atom is -0.389 e. The zero-order valence-electron chi connectivity index (χ0n) is 10.5. The number of pyridine rings is 1. The van der Waals surface area contributed by atoms with Crippen LogP contribution in [0.25, 0.3) is 0 Å². The van der Waals surface area contributed by atoms with Gasteiger partial charge in [0.25, 0.3) is 0 Å². The minimum atomic E-state index is 0.422. The van der Waals surface area contributed by atoms with Gasteiger partial charge in [-0.25, -0.2) is 4.98 Å². The van der Waals surface area contributed by atoms with Crippen molar-refractivity contribution >= 4 is 39.0 Å². The van der Waals surface area contributed by atoms with Crippen LogP contribution in [-0.4, -0.2) is 17.0 Å². The maximum absolute atomic E-state index is 5.64. The Hall–Kier alpha value is -1.46. The molecular formula is C14H14BrN3S. The van der Waals surface area contributed by atoms with Gasteiger partial charge in [0.2, 0.25) is 0 Å². The highest BCUT2D eigenvalue weighted by atomic mass is 79.9. The molecule has 1 aromatic heterocycles. The summed E-state index contributed by atoms with van der Waals surface area (Å²) in [6.07, 6.45) is 1.79. The first-order valence-electron chi connectivity index (χ1n) is 5.77. The van der Waals surface area contributed by atoms with Crippen molar-refractivity contribution in [2.24, 2.45) is 5.73 Å². The van der Waals surface area contributed by atoms with E-state index in [-0.39, 0.29) is 0 Å². The van der Waals surface area contributed by atoms with Crippen LogP contribution in [0.15, 0.2) is 47.1 Å². The number of nitrogens with two attached hydrogens (primary N) is 1. The number of thiocarbonyl (C=S) groups is 1. The van der Waals surface area contributed by atoms with Gasteiger partial charge in [-0.15, -0.1) is 0 Å². The van der Waals surface area contributed by atoms with E-state index in [0.717, 1.165) is 28.0 Å². The molecule has 0 radical (unpaired) electrons. The second kappa shape index (κ2) is 6.12. The van der Waals surface area contributed by atoms with Crippen LogP contribution in [0.3, 0.4) is 0 Å². The summed E-state index contributed by atoms with van der Waals surface area (Å²) in [5, 5.41) is 0. The van der Waals surface area contributed by atoms with Gasteiger partial charge in [0.05, 0.1) is 0 Å². The molecule has 0 unspecified atom stereocenters. The number of anilines is 1. The van der Waals surface area contributed by atoms with Crippen molar-refractivity contribution in [3.63, 3.8) is 0 Å². The molecule has 19 heavy (non-hydrogen) atoms. The highest BCUT2D eigenvalue weighted by Crippen LogP contribution is 2.16. The lowest BCUT2D eigenvalue weighted by Gasteiger charge is -2.18. The number of benzene rings is 1. The standard InChI is InChI=1S/C14H14BrN3S/c1-18(13-6-5-12(15)8-17-13)9-10-3-2-4-11(7-10)14(16)19/h2-8H,9H2,1H3,(H2,16,19). The topological polar surface area (TPSA) is 42.1 Å². The molecule has 2 N–H and O–H groups in total. The van der Waals surface area contributed by atoms with E-state index in [9.17, 15) is 0 Å². The van der Waals surface area contributed by atoms with Gasteiger partial charge in [0.1, 0.15) is 10.8 Å². The Morgan fingerprint density at radius 3 is 2.79 bits per heavy atom. The number of rotatable bonds is 4. The van der Waals surface area contributed by atoms with E-state index in [1.54, 1.807) is 6.20 Å². The lowest BCUT2D eigenvalue weighted by Crippen LogP contribution is -2.18. The third-order valence-corrected chi connectivity index (χ3v) is 3.44. The van der Waals surface area contributed by atoms with E-state index in [4.69, 9.17) is 18.0 Å². The van der Waals surface area contributed by atoms with Crippen LogP contribution < -0.4 is 10.6 Å². The molecule has 0 saturated carbocycles. The van der Waals surface area contributed by atoms with E-state index in [2.05, 4.69) is 31.9 Å². The van der Waals surface area contributed by atoms with Gasteiger partial charge >= 0.3 is 0 Å². The summed E-state index contributed by atoms with van der Waals surface area (Å²) in [5.41, 5.74) is 7.69. The van der Waals surface area contributed by atoms with Gasteiger partial charge in [-0.05, 0) is 39.7 Å². The Morgan fingerprint density at radius 1 is 1.37 bits per heavy atom. The molecule has 0 aliphatic heterocycles. The van der Waals surface area contributed by atoms with Gasteiger partial charge in [0.15, 0.2) is 0 Å². The predicted molar refractivity (Wildman–Crippen MR) is 86.4 cm³/mol. The average Bonchev–Trinajstić information content (AvgIpc) is 2.39. The molecule has 0 fully saturated rings. The van der Waals surface area contributed by atoms with Gasteiger partial charge in [-0.2, -0.15) is 0 Å². The molecule has 0 bridgehead atoms. The van der Waals surface area contributed by atoms with Crippen molar-refractivity contribution in [3.8, 4) is 0 Å². The lowest BCUT2D eigenvalue weighted by molar-refractivity contribution is 0.897. The molecule has 0 aliphatic carbocycles. The van der Waals surface area contributed by atoms with Crippen LogP contribution in [0.5, 0.6) is 0 Å². The molecule has 1 heterocycles. The van der Waals surface area contributed by atoms with Crippen LogP contribution >= 0.6 is 28.1 Å². The van der Waals surface area contributed by atoms with Crippen LogP contribution in [0.2, 0.25) is 0 Å². The molecule has 2 rings (SSSR count). The molecular weight excluding hydrogens is 322 g/mol. The van der Waals surface area contributed by atoms with Crippen molar-refractivity contribution in [2.75, 3.05) is 11.9 Å². The lowest BCUT2D eigenvalue weighted by atomic mass is 10.1. The Balaban J connectivity index is 2.14. The number of halogens is 1. The van der Waals surface area contributed by atoms with E-state index in [1.807, 2.05) is 37.4 Å². The quantitative estimate of drug-likeness (QED) is 0.871. The molecule has 98 valence electrons. The Labute approximate surface area is 126 Å². The van der Waals surface area contributed by atoms with E-state index in [1.165, 1.54) is 0 Å². The summed E-state index contributed by atoms with van der Waals surface area (Å²) >= 11 is 8.37. The molecule has 5 heteroatoms. The fourth-order valence-corrected chi connectivity index (χ4v) is 2.13. The Kier molecular flexibility index (Phi) is 4.50. The molecule has 2 aromatic rings. The number of nitrogens with zero attached hydrogens (tertiary/aromatic N) is 2. The molecule has 0 amide bonds. The van der Waals surface area contributed by atoms with Crippen molar-refractivity contribution in [3.05, 3.63) is 58.2 Å². The van der Waals surface area contributed by atoms with E-state index < -0.39 is 0 Å². The van der Waals surface area contributed by atoms with Crippen molar-refractivity contribution in [1.29, 1.82) is 0 Å². The first-order chi connectivity index (χ1) is 9.06. The van der Waals surface area contributed by atoms with Gasteiger partial charge < -0.3 is 10.6 Å². The summed E-state index contributed by atoms with van der Waals surface area (Å²) < 4.78 is 0.972. The fourth-order valence-electron chi connectivity index (χ4n) is 1.77. The number of hydrogen-bond acceptors (Lipinski definition) is 3. The van der Waals surface area contributed by atoms with Crippen LogP contribution in [0.4, 0.5) is 5.82 Å². The number of hydrogen-bond donors (Lipinski definition) is 1. The summed E-state index contributed by atoms with van der Waals surface area (Å²) in [7, 11) is 2.00. The molecule has 3 nitrogen and oxygen atoms in total. The first-order valence-corrected chi connectivity index (χ1v) is 6.98. The smallest absolute Gasteiger partial charge is 0.128 e. The first kappa shape index (κ1) is 14.0. The van der Waals surface area contributed by atoms with Gasteiger partial charge in [-0.1, -0.05) is 30.4 Å². The normalized spacial score (nSPS) is 10.2. The minimum absolute atomic E-state index is 0.422. The predicted octanol–water partition coefficient (Wildman–Crippen LogP) is 3.11. The number of aromatic nitrogens is 1. The largest absolute Gasteiger partial charge is 0.389 e. The van der Waals surface area contributed by atoms with Crippen molar-refractivity contribution in [2.45, 2.75) is 6.54 Å². The van der Waals surface area contributed by atoms with Gasteiger partial charge in [-0.3, -0.25) is 0 Å². The molecule has 0 spiro atoms. The van der Waals surface area contributed by atoms with E-state index in [0.29, 0.717) is 4.99 Å². The molecule has 0 aliphatic rings. The maximum Gasteiger partial charge on any atom is 0.128 e. The van der Waals surface area contributed by atoms with Crippen molar-refractivity contribution in [1.82, 2.24) is 4.98 Å². The molecule has 1 aromatic carbocycles. The summed E-state index contributed by atoms with van der Waals surface area (Å²) in [6, 6.07) is 11.9. The monoisotopic (exact) mass is 335 g/mol. The fraction of sp³-hybridized carbons (Fsp3) is 0.143. The van der Waals surface area contributed by atoms with Gasteiger partial charge in [0, 0.05) is 29.8 Å². The third kappa shape index (κ3) is 3.75. The second-order valence-electron chi connectivity index (χ2n) is 4.26. The average molecular weight is 336 g/mol. The summed E-state index contributed by atoms with van der Waals surface area (Å²) in [4.78, 5) is 6.86. The van der Waals surface area contributed by atoms with E-state index >= 15 is 0 Å². The molecule has 0 atom stereocenters. The SMILES string of the molecule is CN(Cc1cccc(C(N)=S)c1)c1ccc(Br)cn1. The van der Waals surface area contributed by atoms with Crippen LogP contribution in [0, 0.1) is 0 Å². The Morgan fingerprint density at radius 2 is 2.16 bits per heavy atom. The van der Waals surface area contributed by atoms with Crippen LogP contribution in [-0.2, 0) is 6.54 Å².